The van der Waals surface area contributed by atoms with Crippen molar-refractivity contribution in [2.45, 2.75) is 0 Å². The van der Waals surface area contributed by atoms with E-state index in [0.29, 0.717) is 17.6 Å². The van der Waals surface area contributed by atoms with Crippen LogP contribution in [0.15, 0.2) is 224 Å². The van der Waals surface area contributed by atoms with Gasteiger partial charge in [0.2, 0.25) is 5.95 Å². The predicted molar refractivity (Wildman–Crippen MR) is 256 cm³/mol. The van der Waals surface area contributed by atoms with Crippen molar-refractivity contribution in [1.82, 2.24) is 24.1 Å². The van der Waals surface area contributed by atoms with Crippen LogP contribution in [0, 0.1) is 0 Å². The normalized spacial score (nSPS) is 11.5. The lowest BCUT2D eigenvalue weighted by Gasteiger charge is -2.14. The Bertz CT molecular complexity index is 3550. The van der Waals surface area contributed by atoms with Crippen molar-refractivity contribution in [3.63, 3.8) is 0 Å². The average molecular weight is 792 g/mol. The van der Waals surface area contributed by atoms with Crippen molar-refractivity contribution in [2.24, 2.45) is 0 Å². The van der Waals surface area contributed by atoms with Crippen molar-refractivity contribution in [1.29, 1.82) is 0 Å². The number of rotatable bonds is 7. The molecule has 0 aliphatic heterocycles. The van der Waals surface area contributed by atoms with Crippen molar-refractivity contribution in [3.05, 3.63) is 224 Å². The summed E-state index contributed by atoms with van der Waals surface area (Å²) in [7, 11) is 0. The molecule has 0 aliphatic rings. The maximum absolute atomic E-state index is 5.27. The predicted octanol–water partition coefficient (Wildman–Crippen LogP) is 14.4. The van der Waals surface area contributed by atoms with E-state index in [4.69, 9.17) is 15.0 Å². The molecule has 0 aliphatic carbocycles. The van der Waals surface area contributed by atoms with E-state index < -0.39 is 0 Å². The van der Waals surface area contributed by atoms with Gasteiger partial charge in [0.05, 0.1) is 22.1 Å². The van der Waals surface area contributed by atoms with E-state index in [1.54, 1.807) is 0 Å². The van der Waals surface area contributed by atoms with Gasteiger partial charge in [-0.25, -0.2) is 4.98 Å². The molecule has 9 aromatic carbocycles. The van der Waals surface area contributed by atoms with Gasteiger partial charge in [-0.1, -0.05) is 194 Å². The van der Waals surface area contributed by atoms with Crippen molar-refractivity contribution in [2.75, 3.05) is 0 Å². The Hall–Kier alpha value is -8.41. The number of aromatic nitrogens is 5. The second-order valence-corrected chi connectivity index (χ2v) is 15.6. The summed E-state index contributed by atoms with van der Waals surface area (Å²) in [6, 6.07) is 79.3. The summed E-state index contributed by atoms with van der Waals surface area (Å²) in [4.78, 5) is 15.6. The number of para-hydroxylation sites is 2. The van der Waals surface area contributed by atoms with Crippen LogP contribution in [0.25, 0.3) is 111 Å². The van der Waals surface area contributed by atoms with E-state index in [-0.39, 0.29) is 0 Å². The standard InChI is InChI=1S/C57H37N5/c1-4-17-38(18-5-1)42-23-16-24-43(37-42)46-26-11-10-25-45(46)39-31-33-44(34-32-39)61-51-29-14-12-27-47(51)49-35-36-50-48-28-13-15-30-52(48)62(54(50)53(49)61)57-59-55(40-19-6-2-7-20-40)58-56(60-57)41-21-8-3-9-22-41/h1-37H. The molecule has 12 aromatic rings. The molecule has 0 amide bonds. The Morgan fingerprint density at radius 3 is 1.32 bits per heavy atom. The minimum absolute atomic E-state index is 0.566. The second-order valence-electron chi connectivity index (χ2n) is 15.6. The molecular formula is C57H37N5. The molecule has 62 heavy (non-hydrogen) atoms. The fourth-order valence-corrected chi connectivity index (χ4v) is 9.15. The summed E-state index contributed by atoms with van der Waals surface area (Å²) >= 11 is 0. The molecular weight excluding hydrogens is 755 g/mol. The second kappa shape index (κ2) is 14.7. The van der Waals surface area contributed by atoms with Crippen molar-refractivity contribution < 1.29 is 0 Å². The molecule has 5 heteroatoms. The largest absolute Gasteiger partial charge is 0.307 e. The fourth-order valence-electron chi connectivity index (χ4n) is 9.15. The van der Waals surface area contributed by atoms with Gasteiger partial charge in [-0.2, -0.15) is 9.97 Å². The average Bonchev–Trinajstić information content (AvgIpc) is 3.88. The first-order valence-corrected chi connectivity index (χ1v) is 21.0. The van der Waals surface area contributed by atoms with Gasteiger partial charge in [-0.15, -0.1) is 0 Å². The van der Waals surface area contributed by atoms with Crippen LogP contribution in [0.3, 0.4) is 0 Å². The van der Waals surface area contributed by atoms with Crippen LogP contribution in [0.5, 0.6) is 0 Å². The molecule has 0 unspecified atom stereocenters. The molecule has 0 radical (unpaired) electrons. The first-order chi connectivity index (χ1) is 30.8. The van der Waals surface area contributed by atoms with Crippen LogP contribution in [0.2, 0.25) is 0 Å². The fraction of sp³-hybridized carbons (Fsp3) is 0. The number of benzene rings is 9. The topological polar surface area (TPSA) is 48.5 Å². The Labute approximate surface area is 358 Å². The third kappa shape index (κ3) is 5.90. The zero-order valence-electron chi connectivity index (χ0n) is 33.6. The zero-order valence-corrected chi connectivity index (χ0v) is 33.6. The Kier molecular flexibility index (Phi) is 8.42. The molecule has 0 saturated heterocycles. The molecule has 0 bridgehead atoms. The number of hydrogen-bond acceptors (Lipinski definition) is 3. The lowest BCUT2D eigenvalue weighted by Crippen LogP contribution is -2.07. The molecule has 0 spiro atoms. The van der Waals surface area contributed by atoms with Gasteiger partial charge in [-0.05, 0) is 63.7 Å². The number of fused-ring (bicyclic) bond motifs is 7. The molecule has 0 saturated carbocycles. The summed E-state index contributed by atoms with van der Waals surface area (Å²) in [5.74, 6) is 1.81. The molecule has 12 rings (SSSR count). The first-order valence-electron chi connectivity index (χ1n) is 21.0. The van der Waals surface area contributed by atoms with Gasteiger partial charge in [0, 0.05) is 38.4 Å². The van der Waals surface area contributed by atoms with E-state index in [1.807, 2.05) is 36.4 Å². The molecule has 0 fully saturated rings. The molecule has 5 nitrogen and oxygen atoms in total. The Morgan fingerprint density at radius 2 is 0.726 bits per heavy atom. The van der Waals surface area contributed by atoms with E-state index >= 15 is 0 Å². The van der Waals surface area contributed by atoms with Crippen LogP contribution in [-0.2, 0) is 0 Å². The van der Waals surface area contributed by atoms with E-state index in [9.17, 15) is 0 Å². The van der Waals surface area contributed by atoms with Gasteiger partial charge < -0.3 is 4.57 Å². The van der Waals surface area contributed by atoms with E-state index in [2.05, 4.69) is 197 Å². The van der Waals surface area contributed by atoms with Crippen LogP contribution >= 0.6 is 0 Å². The van der Waals surface area contributed by atoms with Crippen LogP contribution in [-0.4, -0.2) is 24.1 Å². The molecule has 0 atom stereocenters. The van der Waals surface area contributed by atoms with E-state index in [0.717, 1.165) is 60.6 Å². The maximum Gasteiger partial charge on any atom is 0.238 e. The highest BCUT2D eigenvalue weighted by Crippen LogP contribution is 2.42. The summed E-state index contributed by atoms with van der Waals surface area (Å²) < 4.78 is 4.66. The highest BCUT2D eigenvalue weighted by molar-refractivity contribution is 6.23. The van der Waals surface area contributed by atoms with Crippen molar-refractivity contribution in [3.8, 4) is 67.8 Å². The minimum atomic E-state index is 0.566. The summed E-state index contributed by atoms with van der Waals surface area (Å²) in [5.41, 5.74) is 14.3. The van der Waals surface area contributed by atoms with Crippen molar-refractivity contribution >= 4 is 43.6 Å². The molecule has 3 heterocycles. The quantitative estimate of drug-likeness (QED) is 0.162. The highest BCUT2D eigenvalue weighted by atomic mass is 15.2. The third-order valence-electron chi connectivity index (χ3n) is 12.0. The SMILES string of the molecule is c1ccc(-c2cccc(-c3ccccc3-c3ccc(-n4c5ccccc5c5ccc6c7ccccc7n(-c7nc(-c8ccccc8)nc(-c8ccccc8)n7)c6c54)cc3)c2)cc1. The molecule has 3 aromatic heterocycles. The maximum atomic E-state index is 5.27. The Balaban J connectivity index is 1.08. The molecule has 290 valence electrons. The monoisotopic (exact) mass is 791 g/mol. The first kappa shape index (κ1) is 35.5. The van der Waals surface area contributed by atoms with E-state index in [1.165, 1.54) is 33.2 Å². The zero-order chi connectivity index (χ0) is 41.0. The Morgan fingerprint density at radius 1 is 0.274 bits per heavy atom. The minimum Gasteiger partial charge on any atom is -0.307 e. The smallest absolute Gasteiger partial charge is 0.238 e. The van der Waals surface area contributed by atoms with Crippen LogP contribution < -0.4 is 0 Å². The summed E-state index contributed by atoms with van der Waals surface area (Å²) in [6.07, 6.45) is 0. The van der Waals surface area contributed by atoms with Gasteiger partial charge in [0.1, 0.15) is 0 Å². The summed E-state index contributed by atoms with van der Waals surface area (Å²) in [6.45, 7) is 0. The lowest BCUT2D eigenvalue weighted by molar-refractivity contribution is 0.953. The van der Waals surface area contributed by atoms with Gasteiger partial charge >= 0.3 is 0 Å². The van der Waals surface area contributed by atoms with Crippen LogP contribution in [0.1, 0.15) is 0 Å². The highest BCUT2D eigenvalue weighted by Gasteiger charge is 2.23. The van der Waals surface area contributed by atoms with Gasteiger partial charge in [0.25, 0.3) is 0 Å². The lowest BCUT2D eigenvalue weighted by atomic mass is 9.92. The number of hydrogen-bond donors (Lipinski definition) is 0. The van der Waals surface area contributed by atoms with Crippen LogP contribution in [0.4, 0.5) is 0 Å². The molecule has 0 N–H and O–H groups in total. The third-order valence-corrected chi connectivity index (χ3v) is 12.0. The van der Waals surface area contributed by atoms with Gasteiger partial charge in [-0.3, -0.25) is 4.57 Å². The number of nitrogens with zero attached hydrogens (tertiary/aromatic N) is 5. The summed E-state index contributed by atoms with van der Waals surface area (Å²) in [5, 5.41) is 4.60. The van der Waals surface area contributed by atoms with Gasteiger partial charge in [0.15, 0.2) is 11.6 Å².